The zero-order valence-electron chi connectivity index (χ0n) is 12.6. The van der Waals surface area contributed by atoms with Crippen molar-refractivity contribution in [3.8, 4) is 0 Å². The fraction of sp³-hybridized carbons (Fsp3) is 0.938. The second kappa shape index (κ2) is 6.44. The maximum absolute atomic E-state index is 12.0. The molecule has 4 atom stereocenters. The number of ether oxygens (including phenoxy) is 1. The van der Waals surface area contributed by atoms with E-state index in [-0.39, 0.29) is 18.6 Å². The molecule has 4 nitrogen and oxygen atoms in total. The van der Waals surface area contributed by atoms with Gasteiger partial charge in [-0.1, -0.05) is 6.42 Å². The monoisotopic (exact) mass is 280 g/mol. The predicted octanol–water partition coefficient (Wildman–Crippen LogP) is 1.70. The fourth-order valence-corrected chi connectivity index (χ4v) is 4.46. The molecule has 1 amide bonds. The molecule has 1 heterocycles. The van der Waals surface area contributed by atoms with E-state index in [2.05, 4.69) is 17.6 Å². The summed E-state index contributed by atoms with van der Waals surface area (Å²) in [5.41, 5.74) is 0. The number of piperidine rings is 1. The first kappa shape index (κ1) is 14.3. The summed E-state index contributed by atoms with van der Waals surface area (Å²) in [5.74, 6) is 2.58. The molecule has 1 aliphatic heterocycles. The molecule has 2 saturated carbocycles. The highest BCUT2D eigenvalue weighted by Gasteiger charge is 2.42. The van der Waals surface area contributed by atoms with Gasteiger partial charge in [-0.25, -0.2) is 0 Å². The smallest absolute Gasteiger partial charge is 0.246 e. The second-order valence-electron chi connectivity index (χ2n) is 6.96. The highest BCUT2D eigenvalue weighted by Crippen LogP contribution is 2.49. The number of carbonyl (C=O) groups excluding carboxylic acids is 1. The Hall–Kier alpha value is -0.610. The molecule has 0 radical (unpaired) electrons. The maximum Gasteiger partial charge on any atom is 0.246 e. The third-order valence-electron chi connectivity index (χ3n) is 5.56. The van der Waals surface area contributed by atoms with Crippen molar-refractivity contribution in [3.63, 3.8) is 0 Å². The Morgan fingerprint density at radius 2 is 2.05 bits per heavy atom. The summed E-state index contributed by atoms with van der Waals surface area (Å²) in [4.78, 5) is 12.0. The third-order valence-corrected chi connectivity index (χ3v) is 5.56. The Morgan fingerprint density at radius 3 is 2.70 bits per heavy atom. The van der Waals surface area contributed by atoms with Gasteiger partial charge in [0, 0.05) is 6.04 Å². The van der Waals surface area contributed by atoms with Gasteiger partial charge >= 0.3 is 0 Å². The van der Waals surface area contributed by atoms with Crippen molar-refractivity contribution < 1.29 is 9.53 Å². The lowest BCUT2D eigenvalue weighted by Crippen LogP contribution is -2.42. The summed E-state index contributed by atoms with van der Waals surface area (Å²) in [6.45, 7) is 4.42. The van der Waals surface area contributed by atoms with Crippen LogP contribution in [-0.4, -0.2) is 37.7 Å². The lowest BCUT2D eigenvalue weighted by atomic mass is 9.84. The van der Waals surface area contributed by atoms with Gasteiger partial charge in [0.1, 0.15) is 6.61 Å². The van der Waals surface area contributed by atoms with Crippen molar-refractivity contribution >= 4 is 5.91 Å². The van der Waals surface area contributed by atoms with Crippen molar-refractivity contribution in [2.75, 3.05) is 19.7 Å². The second-order valence-corrected chi connectivity index (χ2v) is 6.96. The van der Waals surface area contributed by atoms with E-state index in [1.54, 1.807) is 0 Å². The Kier molecular flexibility index (Phi) is 4.61. The molecule has 20 heavy (non-hydrogen) atoms. The first-order valence-corrected chi connectivity index (χ1v) is 8.34. The van der Waals surface area contributed by atoms with Gasteiger partial charge in [0.25, 0.3) is 0 Å². The molecule has 0 aromatic rings. The van der Waals surface area contributed by atoms with Gasteiger partial charge < -0.3 is 15.4 Å². The van der Waals surface area contributed by atoms with Gasteiger partial charge in [0.2, 0.25) is 5.91 Å². The van der Waals surface area contributed by atoms with Crippen molar-refractivity contribution in [1.29, 1.82) is 0 Å². The summed E-state index contributed by atoms with van der Waals surface area (Å²) in [6, 6.07) is 0.314. The molecule has 2 bridgehead atoms. The molecular formula is C16H28N2O2. The summed E-state index contributed by atoms with van der Waals surface area (Å²) in [7, 11) is 0. The maximum atomic E-state index is 12.0. The molecular weight excluding hydrogens is 252 g/mol. The summed E-state index contributed by atoms with van der Waals surface area (Å²) < 4.78 is 5.72. The normalized spacial score (nSPS) is 35.1. The SMILES string of the molecule is CC(NC(=O)COC1CCNCC1)C1CC2CCC1C2. The van der Waals surface area contributed by atoms with Crippen LogP contribution in [0.5, 0.6) is 0 Å². The molecule has 2 N–H and O–H groups in total. The van der Waals surface area contributed by atoms with Gasteiger partial charge in [0.15, 0.2) is 0 Å². The molecule has 3 aliphatic rings. The van der Waals surface area contributed by atoms with Crippen molar-refractivity contribution in [2.45, 2.75) is 57.6 Å². The number of amides is 1. The van der Waals surface area contributed by atoms with Crippen LogP contribution in [0.25, 0.3) is 0 Å². The molecule has 0 aromatic carbocycles. The Balaban J connectivity index is 1.37. The summed E-state index contributed by atoms with van der Waals surface area (Å²) in [5, 5.41) is 6.47. The van der Waals surface area contributed by atoms with Gasteiger partial charge in [-0.2, -0.15) is 0 Å². The predicted molar refractivity (Wildman–Crippen MR) is 78.4 cm³/mol. The first-order valence-electron chi connectivity index (χ1n) is 8.34. The minimum Gasteiger partial charge on any atom is -0.368 e. The Morgan fingerprint density at radius 1 is 1.25 bits per heavy atom. The molecule has 4 heteroatoms. The van der Waals surface area contributed by atoms with Crippen LogP contribution < -0.4 is 10.6 Å². The van der Waals surface area contributed by atoms with E-state index in [0.717, 1.165) is 37.8 Å². The lowest BCUT2D eigenvalue weighted by Gasteiger charge is -2.29. The Bertz CT molecular complexity index is 341. The zero-order chi connectivity index (χ0) is 13.9. The number of hydrogen-bond donors (Lipinski definition) is 2. The first-order chi connectivity index (χ1) is 9.72. The van der Waals surface area contributed by atoms with Crippen LogP contribution in [0.3, 0.4) is 0 Å². The summed E-state index contributed by atoms with van der Waals surface area (Å²) >= 11 is 0. The number of rotatable bonds is 5. The van der Waals surface area contributed by atoms with Crippen LogP contribution in [0.1, 0.15) is 45.4 Å². The van der Waals surface area contributed by atoms with E-state index in [4.69, 9.17) is 4.74 Å². The van der Waals surface area contributed by atoms with Crippen LogP contribution in [0.15, 0.2) is 0 Å². The van der Waals surface area contributed by atoms with Crippen LogP contribution in [0, 0.1) is 17.8 Å². The minimum atomic E-state index is 0.0683. The van der Waals surface area contributed by atoms with Crippen LogP contribution in [-0.2, 0) is 9.53 Å². The molecule has 0 spiro atoms. The highest BCUT2D eigenvalue weighted by molar-refractivity contribution is 5.77. The number of nitrogens with one attached hydrogen (secondary N) is 2. The highest BCUT2D eigenvalue weighted by atomic mass is 16.5. The number of fused-ring (bicyclic) bond motifs is 2. The molecule has 0 aromatic heterocycles. The third kappa shape index (κ3) is 3.34. The molecule has 114 valence electrons. The van der Waals surface area contributed by atoms with E-state index in [9.17, 15) is 4.79 Å². The van der Waals surface area contributed by atoms with Gasteiger partial charge in [-0.05, 0) is 69.9 Å². The Labute approximate surface area is 122 Å². The van der Waals surface area contributed by atoms with Crippen molar-refractivity contribution in [2.24, 2.45) is 17.8 Å². The van der Waals surface area contributed by atoms with Crippen molar-refractivity contribution in [3.05, 3.63) is 0 Å². The molecule has 2 aliphatic carbocycles. The molecule has 3 rings (SSSR count). The van der Waals surface area contributed by atoms with E-state index in [1.165, 1.54) is 25.7 Å². The average molecular weight is 280 g/mol. The summed E-state index contributed by atoms with van der Waals surface area (Å²) in [6.07, 6.45) is 7.82. The van der Waals surface area contributed by atoms with Gasteiger partial charge in [0.05, 0.1) is 6.10 Å². The van der Waals surface area contributed by atoms with Crippen LogP contribution in [0.2, 0.25) is 0 Å². The lowest BCUT2D eigenvalue weighted by molar-refractivity contribution is -0.129. The van der Waals surface area contributed by atoms with E-state index in [0.29, 0.717) is 12.0 Å². The zero-order valence-corrected chi connectivity index (χ0v) is 12.6. The quantitative estimate of drug-likeness (QED) is 0.806. The van der Waals surface area contributed by atoms with Gasteiger partial charge in [-0.15, -0.1) is 0 Å². The molecule has 1 saturated heterocycles. The topological polar surface area (TPSA) is 50.4 Å². The molecule has 4 unspecified atom stereocenters. The van der Waals surface area contributed by atoms with E-state index < -0.39 is 0 Å². The largest absolute Gasteiger partial charge is 0.368 e. The average Bonchev–Trinajstić information content (AvgIpc) is 3.09. The van der Waals surface area contributed by atoms with E-state index >= 15 is 0 Å². The van der Waals surface area contributed by atoms with E-state index in [1.807, 2.05) is 0 Å². The number of carbonyl (C=O) groups is 1. The number of hydrogen-bond acceptors (Lipinski definition) is 3. The fourth-order valence-electron chi connectivity index (χ4n) is 4.46. The van der Waals surface area contributed by atoms with Crippen LogP contribution in [0.4, 0.5) is 0 Å². The van der Waals surface area contributed by atoms with Crippen molar-refractivity contribution in [1.82, 2.24) is 10.6 Å². The van der Waals surface area contributed by atoms with Crippen LogP contribution >= 0.6 is 0 Å². The minimum absolute atomic E-state index is 0.0683. The standard InChI is InChI=1S/C16H28N2O2/c1-11(15-9-12-2-3-13(15)8-12)18-16(19)10-20-14-4-6-17-7-5-14/h11-15,17H,2-10H2,1H3,(H,18,19). The van der Waals surface area contributed by atoms with Gasteiger partial charge in [-0.3, -0.25) is 4.79 Å². The molecule has 3 fully saturated rings.